The molecular formula is C14H29N3O2. The molecule has 3 N–H and O–H groups in total. The minimum Gasteiger partial charge on any atom is -0.380 e. The standard InChI is InChI=1S/C14H29N3O2/c1-5-7-16-14(3,13(15)18)9-11(2)17(4)12-6-8-19-10-12/h11-12,16H,5-10H2,1-4H3,(H2,15,18). The van der Waals surface area contributed by atoms with Crippen LogP contribution in [0.25, 0.3) is 0 Å². The Balaban J connectivity index is 2.59. The Morgan fingerprint density at radius 2 is 2.32 bits per heavy atom. The second-order valence-electron chi connectivity index (χ2n) is 5.86. The van der Waals surface area contributed by atoms with Crippen molar-refractivity contribution in [2.45, 2.75) is 57.7 Å². The van der Waals surface area contributed by atoms with Gasteiger partial charge >= 0.3 is 0 Å². The quantitative estimate of drug-likeness (QED) is 0.683. The highest BCUT2D eigenvalue weighted by Gasteiger charge is 2.34. The Morgan fingerprint density at radius 3 is 2.79 bits per heavy atom. The van der Waals surface area contributed by atoms with Crippen LogP contribution in [0.15, 0.2) is 0 Å². The van der Waals surface area contributed by atoms with Gasteiger partial charge in [-0.25, -0.2) is 0 Å². The fourth-order valence-electron chi connectivity index (χ4n) is 2.60. The number of nitrogens with two attached hydrogens (primary N) is 1. The Labute approximate surface area is 116 Å². The Hall–Kier alpha value is -0.650. The zero-order valence-corrected chi connectivity index (χ0v) is 12.7. The predicted octanol–water partition coefficient (Wildman–Crippen LogP) is 0.729. The monoisotopic (exact) mass is 271 g/mol. The third-order valence-electron chi connectivity index (χ3n) is 4.19. The van der Waals surface area contributed by atoms with Crippen LogP contribution in [0.1, 0.15) is 40.0 Å². The van der Waals surface area contributed by atoms with Crippen LogP contribution >= 0.6 is 0 Å². The summed E-state index contributed by atoms with van der Waals surface area (Å²) in [5.74, 6) is -0.274. The zero-order valence-electron chi connectivity index (χ0n) is 12.7. The summed E-state index contributed by atoms with van der Waals surface area (Å²) in [6.45, 7) is 8.56. The molecule has 0 radical (unpaired) electrons. The average Bonchev–Trinajstić information content (AvgIpc) is 2.88. The molecule has 1 heterocycles. The Kier molecular flexibility index (Phi) is 6.23. The number of carbonyl (C=O) groups is 1. The molecule has 5 heteroatoms. The van der Waals surface area contributed by atoms with Gasteiger partial charge in [-0.1, -0.05) is 6.92 Å². The maximum atomic E-state index is 11.7. The highest BCUT2D eigenvalue weighted by molar-refractivity contribution is 5.84. The van der Waals surface area contributed by atoms with Gasteiger partial charge < -0.3 is 15.8 Å². The molecule has 1 rings (SSSR count). The third kappa shape index (κ3) is 4.44. The molecule has 112 valence electrons. The van der Waals surface area contributed by atoms with E-state index in [-0.39, 0.29) is 11.9 Å². The molecule has 1 saturated heterocycles. The van der Waals surface area contributed by atoms with Crippen molar-refractivity contribution < 1.29 is 9.53 Å². The van der Waals surface area contributed by atoms with Gasteiger partial charge in [0.2, 0.25) is 5.91 Å². The Morgan fingerprint density at radius 1 is 1.63 bits per heavy atom. The number of nitrogens with zero attached hydrogens (tertiary/aromatic N) is 1. The molecule has 0 bridgehead atoms. The topological polar surface area (TPSA) is 67.6 Å². The number of ether oxygens (including phenoxy) is 1. The molecular weight excluding hydrogens is 242 g/mol. The van der Waals surface area contributed by atoms with Gasteiger partial charge in [-0.3, -0.25) is 9.69 Å². The molecule has 5 nitrogen and oxygen atoms in total. The first kappa shape index (κ1) is 16.4. The molecule has 1 aliphatic rings. The van der Waals surface area contributed by atoms with Crippen LogP contribution in [0, 0.1) is 0 Å². The molecule has 3 unspecified atom stereocenters. The minimum absolute atomic E-state index is 0.274. The van der Waals surface area contributed by atoms with E-state index >= 15 is 0 Å². The lowest BCUT2D eigenvalue weighted by Gasteiger charge is -2.36. The van der Waals surface area contributed by atoms with Crippen LogP contribution in [-0.4, -0.2) is 55.2 Å². The SMILES string of the molecule is CCCNC(C)(CC(C)N(C)C1CCOC1)C(N)=O. The van der Waals surface area contributed by atoms with Crippen LogP contribution in [0.3, 0.4) is 0 Å². The van der Waals surface area contributed by atoms with E-state index < -0.39 is 5.54 Å². The summed E-state index contributed by atoms with van der Waals surface area (Å²) in [5.41, 5.74) is 4.93. The van der Waals surface area contributed by atoms with E-state index in [9.17, 15) is 4.79 Å². The summed E-state index contributed by atoms with van der Waals surface area (Å²) in [7, 11) is 2.10. The number of amides is 1. The summed E-state index contributed by atoms with van der Waals surface area (Å²) in [4.78, 5) is 14.0. The molecule has 3 atom stereocenters. The van der Waals surface area contributed by atoms with Crippen molar-refractivity contribution in [3.63, 3.8) is 0 Å². The van der Waals surface area contributed by atoms with Gasteiger partial charge in [0.15, 0.2) is 0 Å². The van der Waals surface area contributed by atoms with E-state index in [2.05, 4.69) is 31.1 Å². The number of hydrogen-bond acceptors (Lipinski definition) is 4. The molecule has 0 aromatic rings. The summed E-state index contributed by atoms with van der Waals surface area (Å²) in [5, 5.41) is 3.29. The van der Waals surface area contributed by atoms with Gasteiger partial charge in [0, 0.05) is 18.7 Å². The third-order valence-corrected chi connectivity index (χ3v) is 4.19. The second kappa shape index (κ2) is 7.22. The van der Waals surface area contributed by atoms with E-state index in [1.165, 1.54) is 0 Å². The largest absolute Gasteiger partial charge is 0.380 e. The van der Waals surface area contributed by atoms with Gasteiger partial charge in [0.05, 0.1) is 12.1 Å². The second-order valence-corrected chi connectivity index (χ2v) is 5.86. The minimum atomic E-state index is -0.636. The zero-order chi connectivity index (χ0) is 14.5. The van der Waals surface area contributed by atoms with Crippen LogP contribution in [0.5, 0.6) is 0 Å². The van der Waals surface area contributed by atoms with Gasteiger partial charge in [-0.05, 0) is 46.7 Å². The van der Waals surface area contributed by atoms with Crippen LogP contribution in [-0.2, 0) is 9.53 Å². The summed E-state index contributed by atoms with van der Waals surface area (Å²) in [6.07, 6.45) is 2.77. The fraction of sp³-hybridized carbons (Fsp3) is 0.929. The molecule has 0 aromatic heterocycles. The van der Waals surface area contributed by atoms with Crippen LogP contribution in [0.2, 0.25) is 0 Å². The summed E-state index contributed by atoms with van der Waals surface area (Å²) < 4.78 is 5.42. The molecule has 0 saturated carbocycles. The van der Waals surface area contributed by atoms with Crippen LogP contribution in [0.4, 0.5) is 0 Å². The van der Waals surface area contributed by atoms with Gasteiger partial charge in [0.1, 0.15) is 0 Å². The number of carbonyl (C=O) groups excluding carboxylic acids is 1. The maximum absolute atomic E-state index is 11.7. The number of hydrogen-bond donors (Lipinski definition) is 2. The predicted molar refractivity (Wildman–Crippen MR) is 77.0 cm³/mol. The summed E-state index contributed by atoms with van der Waals surface area (Å²) >= 11 is 0. The first-order chi connectivity index (χ1) is 8.90. The smallest absolute Gasteiger partial charge is 0.237 e. The highest BCUT2D eigenvalue weighted by atomic mass is 16.5. The van der Waals surface area contributed by atoms with Crippen molar-refractivity contribution in [3.05, 3.63) is 0 Å². The van der Waals surface area contributed by atoms with Gasteiger partial charge in [-0.15, -0.1) is 0 Å². The lowest BCUT2D eigenvalue weighted by molar-refractivity contribution is -0.124. The maximum Gasteiger partial charge on any atom is 0.237 e. The fourth-order valence-corrected chi connectivity index (χ4v) is 2.60. The van der Waals surface area contributed by atoms with E-state index in [0.29, 0.717) is 6.04 Å². The average molecular weight is 271 g/mol. The van der Waals surface area contributed by atoms with E-state index in [0.717, 1.165) is 39.0 Å². The van der Waals surface area contributed by atoms with Gasteiger partial charge in [0.25, 0.3) is 0 Å². The van der Waals surface area contributed by atoms with Gasteiger partial charge in [-0.2, -0.15) is 0 Å². The molecule has 0 aromatic carbocycles. The molecule has 19 heavy (non-hydrogen) atoms. The van der Waals surface area contributed by atoms with Crippen molar-refractivity contribution >= 4 is 5.91 Å². The van der Waals surface area contributed by atoms with E-state index in [4.69, 9.17) is 10.5 Å². The normalized spacial score (nSPS) is 24.4. The first-order valence-corrected chi connectivity index (χ1v) is 7.25. The molecule has 0 aliphatic carbocycles. The van der Waals surface area contributed by atoms with Crippen molar-refractivity contribution in [1.29, 1.82) is 0 Å². The first-order valence-electron chi connectivity index (χ1n) is 7.25. The number of rotatable bonds is 8. The molecule has 1 fully saturated rings. The molecule has 1 aliphatic heterocycles. The van der Waals surface area contributed by atoms with Crippen molar-refractivity contribution in [3.8, 4) is 0 Å². The van der Waals surface area contributed by atoms with E-state index in [1.807, 2.05) is 6.92 Å². The number of nitrogens with one attached hydrogen (secondary N) is 1. The van der Waals surface area contributed by atoms with Crippen LogP contribution < -0.4 is 11.1 Å². The lowest BCUT2D eigenvalue weighted by Crippen LogP contribution is -2.57. The van der Waals surface area contributed by atoms with Crippen molar-refractivity contribution in [2.24, 2.45) is 5.73 Å². The molecule has 0 spiro atoms. The number of likely N-dealkylation sites (N-methyl/N-ethyl adjacent to an activating group) is 1. The van der Waals surface area contributed by atoms with E-state index in [1.54, 1.807) is 0 Å². The summed E-state index contributed by atoms with van der Waals surface area (Å²) in [6, 6.07) is 0.742. The van der Waals surface area contributed by atoms with Crippen molar-refractivity contribution in [1.82, 2.24) is 10.2 Å². The Bertz CT molecular complexity index is 292. The highest BCUT2D eigenvalue weighted by Crippen LogP contribution is 2.20. The number of primary amides is 1. The molecule has 1 amide bonds. The lowest BCUT2D eigenvalue weighted by atomic mass is 9.91. The van der Waals surface area contributed by atoms with Crippen molar-refractivity contribution in [2.75, 3.05) is 26.8 Å².